The zero-order valence-electron chi connectivity index (χ0n) is 22.2. The number of hydrogen-bond acceptors (Lipinski definition) is 7. The number of amides is 1. The minimum absolute atomic E-state index is 0.0104. The van der Waals surface area contributed by atoms with Gasteiger partial charge in [0.2, 0.25) is 5.91 Å². The van der Waals surface area contributed by atoms with E-state index in [0.29, 0.717) is 37.5 Å². The molecule has 1 amide bonds. The molecule has 3 heterocycles. The maximum absolute atomic E-state index is 13.2. The summed E-state index contributed by atoms with van der Waals surface area (Å²) in [5, 5.41) is 10.6. The van der Waals surface area contributed by atoms with E-state index < -0.39 is 24.5 Å². The van der Waals surface area contributed by atoms with Crippen LogP contribution in [0.4, 0.5) is 0 Å². The highest BCUT2D eigenvalue weighted by atomic mass is 16.7. The summed E-state index contributed by atoms with van der Waals surface area (Å²) >= 11 is 0. The van der Waals surface area contributed by atoms with E-state index in [2.05, 4.69) is 23.8 Å². The minimum Gasteiger partial charge on any atom is -0.423 e. The third-order valence-corrected chi connectivity index (χ3v) is 7.62. The molecule has 9 nitrogen and oxygen atoms in total. The van der Waals surface area contributed by atoms with E-state index >= 15 is 0 Å². The van der Waals surface area contributed by atoms with Crippen LogP contribution in [0.2, 0.25) is 0 Å². The Morgan fingerprint density at radius 3 is 2.47 bits per heavy atom. The Labute approximate surface area is 213 Å². The van der Waals surface area contributed by atoms with Gasteiger partial charge < -0.3 is 34.8 Å². The first kappa shape index (κ1) is 26.8. The number of hydrogen-bond donors (Lipinski definition) is 3. The summed E-state index contributed by atoms with van der Waals surface area (Å²) in [6.07, 6.45) is 2.25. The van der Waals surface area contributed by atoms with E-state index in [9.17, 15) is 9.82 Å². The molecule has 1 aromatic heterocycles. The molecule has 0 bridgehead atoms. The molecule has 2 unspecified atom stereocenters. The van der Waals surface area contributed by atoms with Crippen LogP contribution in [0.1, 0.15) is 59.8 Å². The van der Waals surface area contributed by atoms with Crippen molar-refractivity contribution in [2.24, 2.45) is 17.6 Å². The first-order valence-electron chi connectivity index (χ1n) is 12.8. The third kappa shape index (κ3) is 5.38. The number of likely N-dealkylation sites (tertiary alicyclic amines) is 1. The molecule has 196 valence electrons. The quantitative estimate of drug-likeness (QED) is 0.477. The minimum atomic E-state index is -1.01. The Balaban J connectivity index is 1.53. The predicted octanol–water partition coefficient (Wildman–Crippen LogP) is 2.22. The van der Waals surface area contributed by atoms with Gasteiger partial charge in [-0.1, -0.05) is 52.0 Å². The molecule has 2 saturated heterocycles. The van der Waals surface area contributed by atoms with Crippen LogP contribution in [0.5, 0.6) is 0 Å². The molecule has 0 aliphatic carbocycles. The van der Waals surface area contributed by atoms with Crippen LogP contribution < -0.4 is 11.2 Å². The van der Waals surface area contributed by atoms with Crippen molar-refractivity contribution in [3.05, 3.63) is 36.3 Å². The van der Waals surface area contributed by atoms with Crippen molar-refractivity contribution in [3.63, 3.8) is 0 Å². The van der Waals surface area contributed by atoms with E-state index in [1.807, 2.05) is 52.0 Å². The molecule has 2 aliphatic heterocycles. The van der Waals surface area contributed by atoms with Gasteiger partial charge in [0.05, 0.1) is 49.3 Å². The van der Waals surface area contributed by atoms with Gasteiger partial charge in [-0.25, -0.2) is 4.98 Å². The van der Waals surface area contributed by atoms with Crippen molar-refractivity contribution in [3.8, 4) is 11.3 Å². The zero-order chi connectivity index (χ0) is 26.3. The van der Waals surface area contributed by atoms with E-state index in [-0.39, 0.29) is 23.8 Å². The second kappa shape index (κ2) is 10.3. The number of rotatable bonds is 8. The summed E-state index contributed by atoms with van der Waals surface area (Å²) in [7, 11) is -1.01. The first-order chi connectivity index (χ1) is 16.9. The van der Waals surface area contributed by atoms with Crippen LogP contribution in [0.25, 0.3) is 11.3 Å². The highest BCUT2D eigenvalue weighted by Gasteiger charge is 2.52. The maximum Gasteiger partial charge on any atom is 0.491 e. The van der Waals surface area contributed by atoms with Gasteiger partial charge in [0.15, 0.2) is 5.79 Å². The molecule has 2 aromatic rings. The topological polar surface area (TPSA) is 123 Å². The standard InChI is InChI=1S/C26H39BN4O5/c1-16(2)22(28)24(32)31-15-26(34-11-12-35-26)13-21(31)23-29-14-20(30-23)18-7-9-19(10-8-18)27(33)36-25(5,6)17(3)4/h7-10,14,16-17,21-22,33H,11-13,15,28H2,1-6H3,(H,29,30). The average Bonchev–Trinajstić information content (AvgIpc) is 3.58. The summed E-state index contributed by atoms with van der Waals surface area (Å²) in [5.41, 5.74) is 8.17. The summed E-state index contributed by atoms with van der Waals surface area (Å²) < 4.78 is 17.7. The molecule has 2 aliphatic rings. The number of imidazole rings is 1. The number of carbonyl (C=O) groups excluding carboxylic acids is 1. The molecular weight excluding hydrogens is 459 g/mol. The molecule has 2 fully saturated rings. The number of nitrogens with zero attached hydrogens (tertiary/aromatic N) is 2. The Hall–Kier alpha value is -2.24. The smallest absolute Gasteiger partial charge is 0.423 e. The van der Waals surface area contributed by atoms with Gasteiger partial charge in [-0.15, -0.1) is 0 Å². The van der Waals surface area contributed by atoms with Crippen LogP contribution in [0.15, 0.2) is 30.5 Å². The zero-order valence-corrected chi connectivity index (χ0v) is 22.2. The summed E-state index contributed by atoms with van der Waals surface area (Å²) in [6, 6.07) is 6.58. The number of carbonyl (C=O) groups is 1. The van der Waals surface area contributed by atoms with Gasteiger partial charge in [0.1, 0.15) is 5.82 Å². The molecule has 1 aromatic carbocycles. The van der Waals surface area contributed by atoms with Crippen molar-refractivity contribution in [1.82, 2.24) is 14.9 Å². The molecule has 0 radical (unpaired) electrons. The van der Waals surface area contributed by atoms with Gasteiger partial charge in [-0.2, -0.15) is 0 Å². The fraction of sp³-hybridized carbons (Fsp3) is 0.615. The van der Waals surface area contributed by atoms with E-state index in [0.717, 1.165) is 11.3 Å². The van der Waals surface area contributed by atoms with Crippen LogP contribution in [-0.4, -0.2) is 70.1 Å². The second-order valence-corrected chi connectivity index (χ2v) is 11.1. The summed E-state index contributed by atoms with van der Waals surface area (Å²) in [5.74, 6) is -0.0173. The summed E-state index contributed by atoms with van der Waals surface area (Å²) in [4.78, 5) is 23.0. The number of aromatic nitrogens is 2. The number of H-pyrrole nitrogens is 1. The van der Waals surface area contributed by atoms with Gasteiger partial charge in [0, 0.05) is 6.42 Å². The van der Waals surface area contributed by atoms with Crippen molar-refractivity contribution >= 4 is 18.5 Å². The third-order valence-electron chi connectivity index (χ3n) is 7.62. The molecule has 2 atom stereocenters. The van der Waals surface area contributed by atoms with E-state index in [4.69, 9.17) is 19.9 Å². The number of nitrogens with one attached hydrogen (secondary N) is 1. The van der Waals surface area contributed by atoms with Gasteiger partial charge in [0.25, 0.3) is 0 Å². The monoisotopic (exact) mass is 498 g/mol. The molecule has 10 heteroatoms. The average molecular weight is 498 g/mol. The molecule has 0 saturated carbocycles. The lowest BCUT2D eigenvalue weighted by Crippen LogP contribution is -2.48. The van der Waals surface area contributed by atoms with Crippen molar-refractivity contribution < 1.29 is 23.9 Å². The van der Waals surface area contributed by atoms with Crippen molar-refractivity contribution in [2.45, 2.75) is 71.4 Å². The molecular formula is C26H39BN4O5. The largest absolute Gasteiger partial charge is 0.491 e. The van der Waals surface area contributed by atoms with Crippen molar-refractivity contribution in [2.75, 3.05) is 19.8 Å². The van der Waals surface area contributed by atoms with Gasteiger partial charge >= 0.3 is 7.12 Å². The number of nitrogens with two attached hydrogens (primary N) is 1. The SMILES string of the molecule is CC(C)C(N)C(=O)N1CC2(CC1c1ncc(-c3ccc(B(O)OC(C)(C)C(C)C)cc3)[nH]1)OCCO2. The Morgan fingerprint density at radius 2 is 1.89 bits per heavy atom. The lowest BCUT2D eigenvalue weighted by molar-refractivity contribution is -0.153. The van der Waals surface area contributed by atoms with Gasteiger partial charge in [-0.05, 0) is 36.7 Å². The Bertz CT molecular complexity index is 1050. The molecule has 4 rings (SSSR count). The number of aromatic amines is 1. The van der Waals surface area contributed by atoms with Crippen LogP contribution >= 0.6 is 0 Å². The Kier molecular flexibility index (Phi) is 7.64. The molecule has 4 N–H and O–H groups in total. The fourth-order valence-electron chi connectivity index (χ4n) is 4.47. The lowest BCUT2D eigenvalue weighted by Gasteiger charge is -2.31. The van der Waals surface area contributed by atoms with E-state index in [1.165, 1.54) is 0 Å². The van der Waals surface area contributed by atoms with Crippen LogP contribution in [0.3, 0.4) is 0 Å². The lowest BCUT2D eigenvalue weighted by atomic mass is 9.77. The van der Waals surface area contributed by atoms with E-state index in [1.54, 1.807) is 11.1 Å². The maximum atomic E-state index is 13.2. The molecule has 36 heavy (non-hydrogen) atoms. The first-order valence-corrected chi connectivity index (χ1v) is 12.8. The summed E-state index contributed by atoms with van der Waals surface area (Å²) in [6.45, 7) is 13.3. The second-order valence-electron chi connectivity index (χ2n) is 11.1. The van der Waals surface area contributed by atoms with Crippen LogP contribution in [-0.2, 0) is 18.9 Å². The Morgan fingerprint density at radius 1 is 1.25 bits per heavy atom. The normalized spacial score (nSPS) is 20.6. The van der Waals surface area contributed by atoms with Crippen molar-refractivity contribution in [1.29, 1.82) is 0 Å². The van der Waals surface area contributed by atoms with Gasteiger partial charge in [-0.3, -0.25) is 4.79 Å². The fourth-order valence-corrected chi connectivity index (χ4v) is 4.47. The highest BCUT2D eigenvalue weighted by molar-refractivity contribution is 6.60. The van der Waals surface area contributed by atoms with Crippen LogP contribution in [0, 0.1) is 11.8 Å². The predicted molar refractivity (Wildman–Crippen MR) is 138 cm³/mol. The molecule has 1 spiro atoms. The number of ether oxygens (including phenoxy) is 2. The number of benzene rings is 1. The highest BCUT2D eigenvalue weighted by Crippen LogP contribution is 2.42.